The number of aromatic nitrogens is 1. The summed E-state index contributed by atoms with van der Waals surface area (Å²) in [7, 11) is 0. The van der Waals surface area contributed by atoms with Crippen LogP contribution in [-0.4, -0.2) is 23.6 Å². The highest BCUT2D eigenvalue weighted by molar-refractivity contribution is 5.76. The van der Waals surface area contributed by atoms with Crippen LogP contribution in [0.25, 0.3) is 0 Å². The second kappa shape index (κ2) is 6.56. The van der Waals surface area contributed by atoms with Crippen LogP contribution >= 0.6 is 0 Å². The summed E-state index contributed by atoms with van der Waals surface area (Å²) >= 11 is 0. The summed E-state index contributed by atoms with van der Waals surface area (Å²) in [4.78, 5) is 16.6. The molecule has 1 aromatic heterocycles. The fraction of sp³-hybridized carbons (Fsp3) is 0.619. The largest absolute Gasteiger partial charge is 0.461 e. The summed E-state index contributed by atoms with van der Waals surface area (Å²) in [6.07, 6.45) is 10.9. The molecule has 1 saturated heterocycles. The Hall–Kier alpha value is -1.68. The number of allylic oxidation sites excluding steroid dienone is 1. The van der Waals surface area contributed by atoms with Gasteiger partial charge in [0.1, 0.15) is 6.10 Å². The van der Waals surface area contributed by atoms with E-state index < -0.39 is 0 Å². The van der Waals surface area contributed by atoms with Crippen LogP contribution in [0.2, 0.25) is 0 Å². The number of hydrogen-bond donors (Lipinski definition) is 1. The van der Waals surface area contributed by atoms with Crippen LogP contribution in [0.15, 0.2) is 36.2 Å². The Kier molecular flexibility index (Phi) is 4.40. The van der Waals surface area contributed by atoms with Crippen molar-refractivity contribution in [1.82, 2.24) is 10.3 Å². The molecule has 0 spiro atoms. The quantitative estimate of drug-likeness (QED) is 0.673. The molecular formula is C21H28N2O2. The van der Waals surface area contributed by atoms with Gasteiger partial charge in [-0.25, -0.2) is 0 Å². The van der Waals surface area contributed by atoms with Gasteiger partial charge in [0.2, 0.25) is 0 Å². The zero-order valence-electron chi connectivity index (χ0n) is 15.2. The number of pyridine rings is 1. The van der Waals surface area contributed by atoms with E-state index in [4.69, 9.17) is 4.74 Å². The highest BCUT2D eigenvalue weighted by Gasteiger charge is 2.51. The third-order valence-corrected chi connectivity index (χ3v) is 6.50. The van der Waals surface area contributed by atoms with Gasteiger partial charge in [-0.15, -0.1) is 0 Å². The molecule has 1 saturated carbocycles. The Morgan fingerprint density at radius 1 is 1.44 bits per heavy atom. The monoisotopic (exact) mass is 340 g/mol. The molecule has 1 aromatic rings. The maximum absolute atomic E-state index is 12.5. The summed E-state index contributed by atoms with van der Waals surface area (Å²) < 4.78 is 5.79. The Morgan fingerprint density at radius 2 is 2.32 bits per heavy atom. The number of esters is 1. The van der Waals surface area contributed by atoms with Crippen LogP contribution in [0, 0.1) is 23.2 Å². The van der Waals surface area contributed by atoms with Gasteiger partial charge in [-0.2, -0.15) is 0 Å². The third-order valence-electron chi connectivity index (χ3n) is 6.50. The molecular weight excluding hydrogens is 312 g/mol. The Bertz CT molecular complexity index is 672. The molecule has 0 amide bonds. The highest BCUT2D eigenvalue weighted by Crippen LogP contribution is 2.53. The standard InChI is InChI=1S/C21H28N2O2/c1-14-5-3-7-21(2)10-19-16(9-18(14)21)17(20(24)25-19)13-23-12-15-6-4-8-22-11-15/h4,6,8-9,11,14,16-17,19,23H,3,5,7,10,12-13H2,1-2H3/t14-,16+,17+,19-,21+/m1/s1. The van der Waals surface area contributed by atoms with Crippen LogP contribution in [0.3, 0.4) is 0 Å². The normalized spacial score (nSPS) is 37.0. The second-order valence-corrected chi connectivity index (χ2v) is 8.33. The number of nitrogens with one attached hydrogen (secondary N) is 1. The summed E-state index contributed by atoms with van der Waals surface area (Å²) in [6, 6.07) is 3.99. The third kappa shape index (κ3) is 3.12. The lowest BCUT2D eigenvalue weighted by atomic mass is 9.59. The topological polar surface area (TPSA) is 51.2 Å². The zero-order valence-corrected chi connectivity index (χ0v) is 15.2. The lowest BCUT2D eigenvalue weighted by Gasteiger charge is -2.46. The minimum absolute atomic E-state index is 0.0274. The molecule has 134 valence electrons. The number of ether oxygens (including phenoxy) is 1. The fourth-order valence-corrected chi connectivity index (χ4v) is 5.16. The fourth-order valence-electron chi connectivity index (χ4n) is 5.16. The van der Waals surface area contributed by atoms with Crippen molar-refractivity contribution in [3.8, 4) is 0 Å². The molecule has 5 atom stereocenters. The minimum Gasteiger partial charge on any atom is -0.461 e. The van der Waals surface area contributed by atoms with E-state index >= 15 is 0 Å². The highest BCUT2D eigenvalue weighted by atomic mass is 16.6. The lowest BCUT2D eigenvalue weighted by Crippen LogP contribution is -2.40. The van der Waals surface area contributed by atoms with Crippen molar-refractivity contribution in [3.63, 3.8) is 0 Å². The van der Waals surface area contributed by atoms with E-state index in [9.17, 15) is 4.79 Å². The van der Waals surface area contributed by atoms with Crippen LogP contribution in [0.1, 0.15) is 45.1 Å². The van der Waals surface area contributed by atoms with E-state index in [0.29, 0.717) is 12.5 Å². The molecule has 1 aliphatic heterocycles. The first-order chi connectivity index (χ1) is 12.1. The van der Waals surface area contributed by atoms with Crippen LogP contribution in [0.5, 0.6) is 0 Å². The van der Waals surface area contributed by atoms with Crippen LogP contribution in [-0.2, 0) is 16.1 Å². The SMILES string of the molecule is C[C@@H]1CCC[C@@]2(C)C[C@H]3OC(=O)[C@@H](CNCc4cccnc4)[C@@H]3C=C12. The Labute approximate surface area is 150 Å². The van der Waals surface area contributed by atoms with Gasteiger partial charge in [0.25, 0.3) is 0 Å². The van der Waals surface area contributed by atoms with Crippen molar-refractivity contribution in [2.45, 2.75) is 52.2 Å². The summed E-state index contributed by atoms with van der Waals surface area (Å²) in [5, 5.41) is 3.43. The van der Waals surface area contributed by atoms with Crippen molar-refractivity contribution in [2.24, 2.45) is 23.2 Å². The van der Waals surface area contributed by atoms with E-state index in [1.54, 1.807) is 11.8 Å². The Balaban J connectivity index is 1.47. The smallest absolute Gasteiger partial charge is 0.311 e. The van der Waals surface area contributed by atoms with E-state index in [-0.39, 0.29) is 29.3 Å². The van der Waals surface area contributed by atoms with Crippen molar-refractivity contribution in [3.05, 3.63) is 41.7 Å². The van der Waals surface area contributed by atoms with Gasteiger partial charge in [-0.3, -0.25) is 9.78 Å². The van der Waals surface area contributed by atoms with Crippen molar-refractivity contribution >= 4 is 5.97 Å². The van der Waals surface area contributed by atoms with Gasteiger partial charge in [0.05, 0.1) is 5.92 Å². The summed E-state index contributed by atoms with van der Waals surface area (Å²) in [6.45, 7) is 6.12. The van der Waals surface area contributed by atoms with Gasteiger partial charge in [-0.1, -0.05) is 38.0 Å². The molecule has 25 heavy (non-hydrogen) atoms. The summed E-state index contributed by atoms with van der Waals surface area (Å²) in [5.74, 6) is 0.783. The van der Waals surface area contributed by atoms with E-state index in [2.05, 4.69) is 30.2 Å². The molecule has 4 nitrogen and oxygen atoms in total. The van der Waals surface area contributed by atoms with Gasteiger partial charge in [-0.05, 0) is 42.2 Å². The van der Waals surface area contributed by atoms with Crippen molar-refractivity contribution < 1.29 is 9.53 Å². The molecule has 0 aromatic carbocycles. The van der Waals surface area contributed by atoms with Crippen LogP contribution < -0.4 is 5.32 Å². The average molecular weight is 340 g/mol. The first-order valence-corrected chi connectivity index (χ1v) is 9.59. The molecule has 4 heteroatoms. The first kappa shape index (κ1) is 16.8. The van der Waals surface area contributed by atoms with Gasteiger partial charge >= 0.3 is 5.97 Å². The zero-order chi connectivity index (χ0) is 17.4. The van der Waals surface area contributed by atoms with Crippen LogP contribution in [0.4, 0.5) is 0 Å². The molecule has 1 N–H and O–H groups in total. The number of rotatable bonds is 4. The molecule has 4 rings (SSSR count). The molecule has 0 unspecified atom stereocenters. The number of fused-ring (bicyclic) bond motifs is 2. The maximum atomic E-state index is 12.5. The number of hydrogen-bond acceptors (Lipinski definition) is 4. The van der Waals surface area contributed by atoms with E-state index in [1.807, 2.05) is 18.3 Å². The number of carbonyl (C=O) groups is 1. The molecule has 0 bridgehead atoms. The molecule has 3 aliphatic rings. The van der Waals surface area contributed by atoms with E-state index in [1.165, 1.54) is 19.3 Å². The predicted molar refractivity (Wildman–Crippen MR) is 96.6 cm³/mol. The number of carbonyl (C=O) groups excluding carboxylic acids is 1. The predicted octanol–water partition coefficient (Wildman–Crippen LogP) is 3.49. The first-order valence-electron chi connectivity index (χ1n) is 9.59. The second-order valence-electron chi connectivity index (χ2n) is 8.33. The van der Waals surface area contributed by atoms with Crippen molar-refractivity contribution in [2.75, 3.05) is 6.54 Å². The molecule has 2 heterocycles. The van der Waals surface area contributed by atoms with Gasteiger partial charge in [0, 0.05) is 31.4 Å². The van der Waals surface area contributed by atoms with E-state index in [0.717, 1.165) is 18.5 Å². The van der Waals surface area contributed by atoms with Gasteiger partial charge in [0.15, 0.2) is 0 Å². The average Bonchev–Trinajstić information content (AvgIpc) is 2.88. The minimum atomic E-state index is -0.0622. The van der Waals surface area contributed by atoms with Gasteiger partial charge < -0.3 is 10.1 Å². The number of nitrogens with zero attached hydrogens (tertiary/aromatic N) is 1. The maximum Gasteiger partial charge on any atom is 0.311 e. The molecule has 2 aliphatic carbocycles. The van der Waals surface area contributed by atoms with Crippen molar-refractivity contribution in [1.29, 1.82) is 0 Å². The molecule has 2 fully saturated rings. The Morgan fingerprint density at radius 3 is 3.12 bits per heavy atom. The summed E-state index contributed by atoms with van der Waals surface area (Å²) in [5.41, 5.74) is 2.95. The lowest BCUT2D eigenvalue weighted by molar-refractivity contribution is -0.145. The molecule has 0 radical (unpaired) electrons.